The van der Waals surface area contributed by atoms with Crippen molar-refractivity contribution in [2.45, 2.75) is 14.9 Å². The number of nitrogens with zero attached hydrogens (tertiary/aromatic N) is 2. The molecule has 0 atom stereocenters. The molecule has 5 nitrogen and oxygen atoms in total. The molecule has 2 aromatic heterocycles. The average molecular weight is 396 g/mol. The van der Waals surface area contributed by atoms with Crippen molar-refractivity contribution in [3.8, 4) is 0 Å². The molecule has 128 valence electrons. The highest BCUT2D eigenvalue weighted by atomic mass is 35.5. The average Bonchev–Trinajstić information content (AvgIpc) is 2.55. The fourth-order valence-electron chi connectivity index (χ4n) is 1.95. The summed E-state index contributed by atoms with van der Waals surface area (Å²) in [5.74, 6) is -0.919. The van der Waals surface area contributed by atoms with Crippen molar-refractivity contribution >= 4 is 39.1 Å². The van der Waals surface area contributed by atoms with E-state index in [0.29, 0.717) is 5.03 Å². The van der Waals surface area contributed by atoms with Gasteiger partial charge in [-0.15, -0.1) is 0 Å². The molecule has 0 aliphatic carbocycles. The highest BCUT2D eigenvalue weighted by Crippen LogP contribution is 2.27. The molecule has 0 saturated carbocycles. The molecule has 1 N–H and O–H groups in total. The van der Waals surface area contributed by atoms with Crippen molar-refractivity contribution in [1.29, 1.82) is 0 Å². The van der Waals surface area contributed by atoms with Crippen LogP contribution in [0.1, 0.15) is 0 Å². The zero-order chi connectivity index (χ0) is 17.9. The fourth-order valence-corrected chi connectivity index (χ4v) is 3.99. The van der Waals surface area contributed by atoms with Crippen LogP contribution in [0.5, 0.6) is 0 Å². The molecule has 3 rings (SSSR count). The number of hydrogen-bond donors (Lipinski definition) is 1. The molecule has 25 heavy (non-hydrogen) atoms. The number of aromatic nitrogens is 2. The molecule has 1 aromatic carbocycles. The lowest BCUT2D eigenvalue weighted by molar-refractivity contribution is 0.570. The molecule has 0 fully saturated rings. The molecular formula is C16H11ClFN3O2S2. The van der Waals surface area contributed by atoms with Gasteiger partial charge in [0, 0.05) is 17.4 Å². The Morgan fingerprint density at radius 3 is 2.52 bits per heavy atom. The molecule has 2 heterocycles. The van der Waals surface area contributed by atoms with E-state index in [-0.39, 0.29) is 10.7 Å². The minimum absolute atomic E-state index is 0.120. The number of anilines is 1. The van der Waals surface area contributed by atoms with Gasteiger partial charge >= 0.3 is 0 Å². The van der Waals surface area contributed by atoms with Gasteiger partial charge in [-0.1, -0.05) is 29.4 Å². The summed E-state index contributed by atoms with van der Waals surface area (Å²) in [5, 5.41) is 1.39. The highest BCUT2D eigenvalue weighted by molar-refractivity contribution is 7.99. The monoisotopic (exact) mass is 395 g/mol. The van der Waals surface area contributed by atoms with Crippen LogP contribution in [0.2, 0.25) is 5.02 Å². The van der Waals surface area contributed by atoms with E-state index in [4.69, 9.17) is 11.6 Å². The van der Waals surface area contributed by atoms with Crippen molar-refractivity contribution in [2.75, 3.05) is 4.72 Å². The Labute approximate surface area is 153 Å². The van der Waals surface area contributed by atoms with Gasteiger partial charge in [0.2, 0.25) is 0 Å². The zero-order valence-electron chi connectivity index (χ0n) is 12.6. The van der Waals surface area contributed by atoms with Gasteiger partial charge in [-0.3, -0.25) is 4.72 Å². The van der Waals surface area contributed by atoms with Crippen LogP contribution in [0.15, 0.2) is 75.9 Å². The number of pyridine rings is 2. The quantitative estimate of drug-likeness (QED) is 0.700. The smallest absolute Gasteiger partial charge is 0.264 e. The van der Waals surface area contributed by atoms with E-state index >= 15 is 0 Å². The first-order chi connectivity index (χ1) is 11.9. The van der Waals surface area contributed by atoms with Gasteiger partial charge in [-0.2, -0.15) is 0 Å². The SMILES string of the molecule is O=S(=O)(Nc1ccnc(Sc2ccccn2)c1)c1ccc(Cl)cc1F. The Bertz CT molecular complexity index is 1000. The molecule has 9 heteroatoms. The molecule has 0 aliphatic heterocycles. The summed E-state index contributed by atoms with van der Waals surface area (Å²) < 4.78 is 41.0. The minimum Gasteiger partial charge on any atom is -0.279 e. The van der Waals surface area contributed by atoms with E-state index in [1.54, 1.807) is 18.3 Å². The van der Waals surface area contributed by atoms with Gasteiger partial charge in [0.25, 0.3) is 10.0 Å². The zero-order valence-corrected chi connectivity index (χ0v) is 14.9. The summed E-state index contributed by atoms with van der Waals surface area (Å²) in [5.41, 5.74) is 0.266. The van der Waals surface area contributed by atoms with Gasteiger partial charge in [-0.25, -0.2) is 22.8 Å². The molecule has 0 bridgehead atoms. The van der Waals surface area contributed by atoms with E-state index in [1.165, 1.54) is 30.1 Å². The van der Waals surface area contributed by atoms with Crippen LogP contribution in [0.4, 0.5) is 10.1 Å². The minimum atomic E-state index is -4.09. The predicted molar refractivity (Wildman–Crippen MR) is 94.8 cm³/mol. The lowest BCUT2D eigenvalue weighted by Gasteiger charge is -2.10. The van der Waals surface area contributed by atoms with Crippen molar-refractivity contribution in [1.82, 2.24) is 9.97 Å². The van der Waals surface area contributed by atoms with Crippen molar-refractivity contribution in [3.05, 3.63) is 71.8 Å². The van der Waals surface area contributed by atoms with E-state index in [2.05, 4.69) is 14.7 Å². The number of benzene rings is 1. The number of halogens is 2. The van der Waals surface area contributed by atoms with Gasteiger partial charge in [-0.05, 0) is 42.5 Å². The van der Waals surface area contributed by atoms with Gasteiger partial charge < -0.3 is 0 Å². The van der Waals surface area contributed by atoms with Crippen molar-refractivity contribution in [2.24, 2.45) is 0 Å². The van der Waals surface area contributed by atoms with E-state index in [1.807, 2.05) is 12.1 Å². The Morgan fingerprint density at radius 2 is 1.80 bits per heavy atom. The summed E-state index contributed by atoms with van der Waals surface area (Å²) >= 11 is 6.93. The van der Waals surface area contributed by atoms with Gasteiger partial charge in [0.05, 0.1) is 5.69 Å². The maximum Gasteiger partial charge on any atom is 0.264 e. The van der Waals surface area contributed by atoms with Crippen molar-refractivity contribution in [3.63, 3.8) is 0 Å². The second-order valence-corrected chi connectivity index (χ2v) is 7.96. The lowest BCUT2D eigenvalue weighted by Crippen LogP contribution is -2.14. The summed E-state index contributed by atoms with van der Waals surface area (Å²) in [6, 6.07) is 11.8. The van der Waals surface area contributed by atoms with E-state index < -0.39 is 20.7 Å². The number of sulfonamides is 1. The second kappa shape index (κ2) is 7.38. The van der Waals surface area contributed by atoms with E-state index in [9.17, 15) is 12.8 Å². The molecule has 0 amide bonds. The van der Waals surface area contributed by atoms with Crippen LogP contribution in [0, 0.1) is 5.82 Å². The third-order valence-electron chi connectivity index (χ3n) is 3.02. The van der Waals surface area contributed by atoms with Gasteiger partial charge in [0.15, 0.2) is 0 Å². The predicted octanol–water partition coefficient (Wildman–Crippen LogP) is 4.22. The standard InChI is InChI=1S/C16H11ClFN3O2S2/c17-11-4-5-14(13(18)9-11)25(22,23)21-12-6-8-20-16(10-12)24-15-3-1-2-7-19-15/h1-10H,(H,20,21). The molecule has 3 aromatic rings. The first-order valence-electron chi connectivity index (χ1n) is 6.97. The summed E-state index contributed by atoms with van der Waals surface area (Å²) in [6.07, 6.45) is 3.11. The molecular weight excluding hydrogens is 385 g/mol. The van der Waals surface area contributed by atoms with Crippen LogP contribution in [0.25, 0.3) is 0 Å². The van der Waals surface area contributed by atoms with E-state index in [0.717, 1.165) is 17.2 Å². The summed E-state index contributed by atoms with van der Waals surface area (Å²) in [7, 11) is -4.09. The maximum absolute atomic E-state index is 13.9. The summed E-state index contributed by atoms with van der Waals surface area (Å²) in [6.45, 7) is 0. The largest absolute Gasteiger partial charge is 0.279 e. The topological polar surface area (TPSA) is 72.0 Å². The van der Waals surface area contributed by atoms with Crippen LogP contribution < -0.4 is 4.72 Å². The fraction of sp³-hybridized carbons (Fsp3) is 0. The Kier molecular flexibility index (Phi) is 5.22. The molecule has 0 aliphatic rings. The van der Waals surface area contributed by atoms with Crippen molar-refractivity contribution < 1.29 is 12.8 Å². The van der Waals surface area contributed by atoms with Crippen LogP contribution in [0.3, 0.4) is 0 Å². The highest BCUT2D eigenvalue weighted by Gasteiger charge is 2.19. The third kappa shape index (κ3) is 4.47. The Hall–Kier alpha value is -2.16. The third-order valence-corrected chi connectivity index (χ3v) is 5.55. The first-order valence-corrected chi connectivity index (χ1v) is 9.65. The molecule has 0 spiro atoms. The van der Waals surface area contributed by atoms with Gasteiger partial charge in [0.1, 0.15) is 20.8 Å². The maximum atomic E-state index is 13.9. The number of rotatable bonds is 5. The molecule has 0 saturated heterocycles. The Balaban J connectivity index is 1.84. The van der Waals surface area contributed by atoms with Crippen LogP contribution in [-0.2, 0) is 10.0 Å². The normalized spacial score (nSPS) is 11.3. The Morgan fingerprint density at radius 1 is 1.00 bits per heavy atom. The summed E-state index contributed by atoms with van der Waals surface area (Å²) in [4.78, 5) is 7.85. The van der Waals surface area contributed by atoms with Crippen LogP contribution in [-0.4, -0.2) is 18.4 Å². The first kappa shape index (κ1) is 17.7. The molecule has 0 radical (unpaired) electrons. The number of nitrogens with one attached hydrogen (secondary N) is 1. The number of hydrogen-bond acceptors (Lipinski definition) is 5. The second-order valence-electron chi connectivity index (χ2n) is 4.83. The lowest BCUT2D eigenvalue weighted by atomic mass is 10.3. The van der Waals surface area contributed by atoms with Crippen LogP contribution >= 0.6 is 23.4 Å². The molecule has 0 unspecified atom stereocenters.